The van der Waals surface area contributed by atoms with Gasteiger partial charge in [-0.25, -0.2) is 36.4 Å². The number of urea groups is 2. The van der Waals surface area contributed by atoms with Crippen molar-refractivity contribution in [2.24, 2.45) is 0 Å². The van der Waals surface area contributed by atoms with E-state index in [1.807, 2.05) is 55.5 Å². The minimum absolute atomic E-state index is 0. The molecule has 10 rings (SSSR count). The molecule has 2 aromatic heterocycles. The molecular weight excluding hydrogens is 1110 g/mol. The molecule has 0 saturated heterocycles. The highest BCUT2D eigenvalue weighted by Gasteiger charge is 2.49. The monoisotopic (exact) mass is 1170 g/mol. The van der Waals surface area contributed by atoms with Crippen molar-refractivity contribution in [2.45, 2.75) is 113 Å². The number of hydrogen-bond acceptors (Lipinski definition) is 13. The summed E-state index contributed by atoms with van der Waals surface area (Å²) in [5.41, 5.74) is 10.4. The lowest BCUT2D eigenvalue weighted by Gasteiger charge is -2.24. The summed E-state index contributed by atoms with van der Waals surface area (Å²) in [7, 11) is -7.93. The van der Waals surface area contributed by atoms with Crippen molar-refractivity contribution < 1.29 is 36.5 Å². The number of nitrogens with zero attached hydrogens (tertiary/aromatic N) is 6. The molecule has 2 aliphatic heterocycles. The van der Waals surface area contributed by atoms with Gasteiger partial charge in [0.1, 0.15) is 4.60 Å². The lowest BCUT2D eigenvalue weighted by atomic mass is 9.77. The number of amides is 4. The number of pyridine rings is 2. The van der Waals surface area contributed by atoms with Gasteiger partial charge in [0.05, 0.1) is 73.0 Å². The second-order valence-electron chi connectivity index (χ2n) is 20.3. The first-order chi connectivity index (χ1) is 37.3. The first kappa shape index (κ1) is 59.7. The fourth-order valence-corrected chi connectivity index (χ4v) is 13.1. The number of carbonyl (C=O) groups excluding carboxylic acids is 2. The maximum atomic E-state index is 13.3. The van der Waals surface area contributed by atoms with Crippen LogP contribution < -0.4 is 32.0 Å². The molecule has 7 N–H and O–H groups in total. The maximum Gasteiger partial charge on any atom is 0.488 e. The molecule has 4 aromatic carbocycles. The standard InChI is InChI=1S/C29H30N4O3S.C21H24BrN3O3S.C8H8BNO2.H3N/c1-3-37(35,36)23-9-6-21(7-10-23)18-31-28(34)33-19-29(14-4-5-15-29)27-26(33)13-12-25(32-27)24-11-8-22(17-30)16-20(24)2;1-2-29(27,28)16-7-5-15(6-8-16)13-23-20(26)25-14-21(11-3-4-12-21)19-17(25)9-10-18(22)24-19;1-6-4-7(5-10)2-3-8(6)9(11)12;/h6-13,16H,3-5,14-15,18-19H2,1-2H3,(H,31,34);5-10H,2-4,11-14H2,1H3,(H,23,26);2-4,11-12H,1H3;1H3. The minimum atomic E-state index is -3.25. The summed E-state index contributed by atoms with van der Waals surface area (Å²) in [6.07, 6.45) is 8.67. The van der Waals surface area contributed by atoms with Crippen molar-refractivity contribution in [2.75, 3.05) is 34.4 Å². The number of halogens is 1. The summed E-state index contributed by atoms with van der Waals surface area (Å²) in [4.78, 5) is 40.3. The molecule has 2 aliphatic carbocycles. The number of aryl methyl sites for hydroxylation is 2. The second-order valence-corrected chi connectivity index (χ2v) is 25.7. The summed E-state index contributed by atoms with van der Waals surface area (Å²) in [5, 5.41) is 41.4. The van der Waals surface area contributed by atoms with Crippen LogP contribution in [0.1, 0.15) is 110 Å². The Labute approximate surface area is 471 Å². The second kappa shape index (κ2) is 25.0. The predicted molar refractivity (Wildman–Crippen MR) is 310 cm³/mol. The van der Waals surface area contributed by atoms with E-state index in [4.69, 9.17) is 25.3 Å². The molecule has 79 heavy (non-hydrogen) atoms. The number of benzene rings is 4. The van der Waals surface area contributed by atoms with Crippen LogP contribution in [0.4, 0.5) is 21.0 Å². The summed E-state index contributed by atoms with van der Waals surface area (Å²) in [6.45, 7) is 8.87. The van der Waals surface area contributed by atoms with E-state index in [0.717, 1.165) is 107 Å². The van der Waals surface area contributed by atoms with Gasteiger partial charge in [-0.1, -0.05) is 81.5 Å². The number of hydrogen-bond donors (Lipinski definition) is 5. The predicted octanol–water partition coefficient (Wildman–Crippen LogP) is 9.15. The topological polar surface area (TPSA) is 282 Å². The van der Waals surface area contributed by atoms with Crippen LogP contribution in [0, 0.1) is 36.5 Å². The van der Waals surface area contributed by atoms with Gasteiger partial charge in [-0.15, -0.1) is 0 Å². The van der Waals surface area contributed by atoms with Crippen molar-refractivity contribution in [1.82, 2.24) is 26.8 Å². The fraction of sp³-hybridized carbons (Fsp3) is 0.345. The van der Waals surface area contributed by atoms with Gasteiger partial charge in [-0.05, 0) is 150 Å². The SMILES string of the molecule is CCS(=O)(=O)c1ccc(CNC(=O)N2CC3(CCCC3)c3nc(-c4ccc(C#N)cc4C)ccc32)cc1.CCS(=O)(=O)c1ccc(CNC(=O)N2CC3(CCCC3)c3nc(Br)ccc32)cc1.Cc1cc(C#N)ccc1B(O)O.N. The van der Waals surface area contributed by atoms with E-state index in [2.05, 4.69) is 32.6 Å². The van der Waals surface area contributed by atoms with E-state index >= 15 is 0 Å². The summed E-state index contributed by atoms with van der Waals surface area (Å²) in [5.74, 6) is 0.128. The Balaban J connectivity index is 0.000000191. The van der Waals surface area contributed by atoms with E-state index in [1.54, 1.807) is 97.3 Å². The van der Waals surface area contributed by atoms with Gasteiger partial charge < -0.3 is 26.8 Å². The summed E-state index contributed by atoms with van der Waals surface area (Å²) >= 11 is 3.47. The van der Waals surface area contributed by atoms with Crippen molar-refractivity contribution in [3.63, 3.8) is 0 Å². The Morgan fingerprint density at radius 2 is 1.06 bits per heavy atom. The van der Waals surface area contributed by atoms with Gasteiger partial charge >= 0.3 is 19.2 Å². The van der Waals surface area contributed by atoms with Crippen LogP contribution in [0.15, 0.2) is 124 Å². The number of fused-ring (bicyclic) bond motifs is 4. The first-order valence-corrected chi connectivity index (χ1v) is 30.2. The third-order valence-corrected chi connectivity index (χ3v) is 19.3. The van der Waals surface area contributed by atoms with Crippen LogP contribution in [0.2, 0.25) is 0 Å². The van der Waals surface area contributed by atoms with E-state index < -0.39 is 26.8 Å². The molecule has 4 heterocycles. The highest BCUT2D eigenvalue weighted by Crippen LogP contribution is 2.51. The Kier molecular flexibility index (Phi) is 18.9. The van der Waals surface area contributed by atoms with Gasteiger partial charge in [0.25, 0.3) is 0 Å². The average molecular weight is 1170 g/mol. The molecule has 4 aliphatic rings. The van der Waals surface area contributed by atoms with Crippen LogP contribution in [0.5, 0.6) is 0 Å². The van der Waals surface area contributed by atoms with Gasteiger partial charge in [-0.2, -0.15) is 10.5 Å². The van der Waals surface area contributed by atoms with Crippen molar-refractivity contribution >= 4 is 71.6 Å². The molecule has 0 radical (unpaired) electrons. The van der Waals surface area contributed by atoms with Gasteiger partial charge in [0.2, 0.25) is 0 Å². The van der Waals surface area contributed by atoms with E-state index in [-0.39, 0.29) is 40.5 Å². The Hall–Kier alpha value is -6.98. The average Bonchev–Trinajstić information content (AvgIpc) is 4.42. The third kappa shape index (κ3) is 13.1. The lowest BCUT2D eigenvalue weighted by molar-refractivity contribution is 0.244. The molecule has 4 amide bonds. The molecule has 2 spiro atoms. The number of anilines is 2. The van der Waals surface area contributed by atoms with Gasteiger partial charge in [-0.3, -0.25) is 9.80 Å². The lowest BCUT2D eigenvalue weighted by Crippen LogP contribution is -2.41. The zero-order valence-electron chi connectivity index (χ0n) is 44.8. The smallest absolute Gasteiger partial charge is 0.423 e. The van der Waals surface area contributed by atoms with E-state index in [0.29, 0.717) is 58.1 Å². The Bertz CT molecular complexity index is 3540. The van der Waals surface area contributed by atoms with Gasteiger partial charge in [0.15, 0.2) is 19.7 Å². The number of aromatic nitrogens is 2. The molecule has 2 saturated carbocycles. The molecule has 6 aromatic rings. The number of nitrogens with one attached hydrogen (secondary N) is 2. The third-order valence-electron chi connectivity index (χ3n) is 15.4. The molecule has 0 atom stereocenters. The Morgan fingerprint density at radius 3 is 1.48 bits per heavy atom. The van der Waals surface area contributed by atoms with E-state index in [1.165, 1.54) is 0 Å². The van der Waals surface area contributed by atoms with Crippen LogP contribution in [-0.2, 0) is 43.6 Å². The highest BCUT2D eigenvalue weighted by atomic mass is 79.9. The van der Waals surface area contributed by atoms with Crippen LogP contribution in [-0.4, -0.2) is 80.6 Å². The molecule has 2 fully saturated rings. The zero-order chi connectivity index (χ0) is 56.0. The van der Waals surface area contributed by atoms with Crippen molar-refractivity contribution in [3.05, 3.63) is 159 Å². The van der Waals surface area contributed by atoms with Crippen molar-refractivity contribution in [1.29, 1.82) is 10.5 Å². The van der Waals surface area contributed by atoms with Crippen molar-refractivity contribution in [3.8, 4) is 23.4 Å². The normalized spacial score (nSPS) is 15.3. The molecule has 17 nitrogen and oxygen atoms in total. The fourth-order valence-electron chi connectivity index (χ4n) is 11.0. The maximum absolute atomic E-state index is 13.3. The molecule has 0 bridgehead atoms. The minimum Gasteiger partial charge on any atom is -0.423 e. The number of sulfone groups is 2. The number of carbonyl (C=O) groups is 2. The zero-order valence-corrected chi connectivity index (χ0v) is 48.0. The largest absolute Gasteiger partial charge is 0.488 e. The number of nitriles is 2. The summed E-state index contributed by atoms with van der Waals surface area (Å²) in [6, 6.07) is 35.3. The van der Waals surface area contributed by atoms with Crippen LogP contribution >= 0.6 is 15.9 Å². The molecular formula is C58H65BBrN9O8S2. The molecule has 0 unspecified atom stereocenters. The molecule has 21 heteroatoms. The molecule has 412 valence electrons. The highest BCUT2D eigenvalue weighted by molar-refractivity contribution is 9.10. The number of rotatable bonds is 10. The first-order valence-electron chi connectivity index (χ1n) is 26.1. The van der Waals surface area contributed by atoms with Crippen LogP contribution in [0.25, 0.3) is 11.3 Å². The Morgan fingerprint density at radius 1 is 0.633 bits per heavy atom. The van der Waals surface area contributed by atoms with Gasteiger partial charge in [0, 0.05) is 42.6 Å². The summed E-state index contributed by atoms with van der Waals surface area (Å²) < 4.78 is 48.8. The van der Waals surface area contributed by atoms with Crippen LogP contribution in [0.3, 0.4) is 0 Å². The van der Waals surface area contributed by atoms with E-state index in [9.17, 15) is 31.7 Å². The quantitative estimate of drug-likeness (QED) is 0.0633.